The van der Waals surface area contributed by atoms with E-state index in [9.17, 15) is 0 Å². The molecule has 0 amide bonds. The zero-order valence-corrected chi connectivity index (χ0v) is 10.3. The molecular weight excluding hydrogens is 244 g/mol. The summed E-state index contributed by atoms with van der Waals surface area (Å²) in [5.41, 5.74) is 0. The summed E-state index contributed by atoms with van der Waals surface area (Å²) in [6.45, 7) is 0. The van der Waals surface area contributed by atoms with Crippen LogP contribution in [0.1, 0.15) is 11.2 Å². The summed E-state index contributed by atoms with van der Waals surface area (Å²) in [5.74, 6) is 1.68. The molecule has 4 rings (SSSR count). The second kappa shape index (κ2) is 3.75. The fraction of sp³-hybridized carbons (Fsp3) is 0.0667. The van der Waals surface area contributed by atoms with Gasteiger partial charge >= 0.3 is 0 Å². The lowest BCUT2D eigenvalue weighted by Gasteiger charge is -2.07. The summed E-state index contributed by atoms with van der Waals surface area (Å²) in [6.07, 6.45) is -0.300. The van der Waals surface area contributed by atoms with Crippen LogP contribution in [0.25, 0.3) is 10.8 Å². The summed E-state index contributed by atoms with van der Waals surface area (Å²) >= 11 is 1.65. The van der Waals surface area contributed by atoms with Gasteiger partial charge < -0.3 is 9.47 Å². The van der Waals surface area contributed by atoms with E-state index in [0.29, 0.717) is 0 Å². The number of benzene rings is 2. The Balaban J connectivity index is 1.83. The normalized spacial score (nSPS) is 17.2. The van der Waals surface area contributed by atoms with Gasteiger partial charge in [-0.2, -0.15) is 0 Å². The van der Waals surface area contributed by atoms with E-state index in [4.69, 9.17) is 9.47 Å². The Morgan fingerprint density at radius 1 is 0.889 bits per heavy atom. The SMILES string of the molecule is c1csc(C2Oc3ccc4ccccc4c3O2)c1. The molecule has 3 aromatic rings. The van der Waals surface area contributed by atoms with E-state index in [1.807, 2.05) is 35.7 Å². The van der Waals surface area contributed by atoms with Crippen LogP contribution in [0.2, 0.25) is 0 Å². The highest BCUT2D eigenvalue weighted by atomic mass is 32.1. The quantitative estimate of drug-likeness (QED) is 0.642. The van der Waals surface area contributed by atoms with Crippen LogP contribution in [0.5, 0.6) is 11.5 Å². The van der Waals surface area contributed by atoms with Crippen LogP contribution in [0.4, 0.5) is 0 Å². The van der Waals surface area contributed by atoms with Crippen LogP contribution < -0.4 is 9.47 Å². The van der Waals surface area contributed by atoms with Gasteiger partial charge in [-0.15, -0.1) is 11.3 Å². The molecule has 1 unspecified atom stereocenters. The molecular formula is C15H10O2S. The number of fused-ring (bicyclic) bond motifs is 3. The Labute approximate surface area is 108 Å². The third-order valence-corrected chi connectivity index (χ3v) is 3.97. The molecule has 1 atom stereocenters. The third kappa shape index (κ3) is 1.41. The van der Waals surface area contributed by atoms with Crippen molar-refractivity contribution in [3.05, 3.63) is 58.8 Å². The van der Waals surface area contributed by atoms with E-state index in [2.05, 4.69) is 18.2 Å². The number of hydrogen-bond acceptors (Lipinski definition) is 3. The van der Waals surface area contributed by atoms with E-state index >= 15 is 0 Å². The molecule has 0 aliphatic carbocycles. The monoisotopic (exact) mass is 254 g/mol. The fourth-order valence-electron chi connectivity index (χ4n) is 2.23. The molecule has 18 heavy (non-hydrogen) atoms. The molecule has 1 aliphatic rings. The van der Waals surface area contributed by atoms with Crippen molar-refractivity contribution >= 4 is 22.1 Å². The van der Waals surface area contributed by atoms with Gasteiger partial charge in [-0.05, 0) is 22.9 Å². The van der Waals surface area contributed by atoms with Gasteiger partial charge in [0.15, 0.2) is 11.5 Å². The minimum atomic E-state index is -0.300. The van der Waals surface area contributed by atoms with Crippen molar-refractivity contribution in [1.29, 1.82) is 0 Å². The van der Waals surface area contributed by atoms with Gasteiger partial charge in [-0.25, -0.2) is 0 Å². The molecule has 0 saturated carbocycles. The summed E-state index contributed by atoms with van der Waals surface area (Å²) in [5, 5.41) is 4.31. The molecule has 88 valence electrons. The van der Waals surface area contributed by atoms with Gasteiger partial charge in [0.05, 0.1) is 4.88 Å². The van der Waals surface area contributed by atoms with E-state index in [1.54, 1.807) is 11.3 Å². The van der Waals surface area contributed by atoms with Crippen molar-refractivity contribution in [3.63, 3.8) is 0 Å². The highest BCUT2D eigenvalue weighted by molar-refractivity contribution is 7.10. The van der Waals surface area contributed by atoms with Gasteiger partial charge in [0.1, 0.15) is 0 Å². The molecule has 1 aliphatic heterocycles. The number of rotatable bonds is 1. The van der Waals surface area contributed by atoms with Crippen LogP contribution in [0, 0.1) is 0 Å². The first-order valence-corrected chi connectivity index (χ1v) is 6.68. The highest BCUT2D eigenvalue weighted by Crippen LogP contribution is 2.45. The predicted octanol–water partition coefficient (Wildman–Crippen LogP) is 4.37. The van der Waals surface area contributed by atoms with Crippen molar-refractivity contribution in [1.82, 2.24) is 0 Å². The second-order valence-electron chi connectivity index (χ2n) is 4.20. The molecule has 0 bridgehead atoms. The van der Waals surface area contributed by atoms with E-state index in [0.717, 1.165) is 21.8 Å². The zero-order chi connectivity index (χ0) is 11.9. The molecule has 0 fully saturated rings. The molecule has 0 saturated heterocycles. The van der Waals surface area contributed by atoms with Crippen molar-refractivity contribution in [2.45, 2.75) is 6.29 Å². The first-order chi connectivity index (χ1) is 8.92. The predicted molar refractivity (Wildman–Crippen MR) is 72.3 cm³/mol. The lowest BCUT2D eigenvalue weighted by molar-refractivity contribution is 0.0528. The molecule has 0 N–H and O–H groups in total. The van der Waals surface area contributed by atoms with Crippen LogP contribution >= 0.6 is 11.3 Å². The van der Waals surface area contributed by atoms with E-state index in [-0.39, 0.29) is 6.29 Å². The Hall–Kier alpha value is -2.00. The summed E-state index contributed by atoms with van der Waals surface area (Å²) in [4.78, 5) is 1.09. The maximum atomic E-state index is 5.95. The largest absolute Gasteiger partial charge is 0.446 e. The van der Waals surface area contributed by atoms with Crippen LogP contribution in [0.15, 0.2) is 53.9 Å². The minimum Gasteiger partial charge on any atom is -0.446 e. The lowest BCUT2D eigenvalue weighted by Crippen LogP contribution is -2.05. The highest BCUT2D eigenvalue weighted by Gasteiger charge is 2.27. The molecule has 2 nitrogen and oxygen atoms in total. The van der Waals surface area contributed by atoms with Gasteiger partial charge in [-0.1, -0.05) is 36.4 Å². The number of ether oxygens (including phenoxy) is 2. The average molecular weight is 254 g/mol. The maximum absolute atomic E-state index is 5.95. The van der Waals surface area contributed by atoms with Crippen molar-refractivity contribution < 1.29 is 9.47 Å². The molecule has 3 heteroatoms. The van der Waals surface area contributed by atoms with Crippen LogP contribution in [0.3, 0.4) is 0 Å². The molecule has 2 aromatic carbocycles. The fourth-order valence-corrected chi connectivity index (χ4v) is 2.90. The van der Waals surface area contributed by atoms with Crippen LogP contribution in [-0.2, 0) is 0 Å². The average Bonchev–Trinajstić information content (AvgIpc) is 3.07. The first-order valence-electron chi connectivity index (χ1n) is 5.80. The minimum absolute atomic E-state index is 0.300. The van der Waals surface area contributed by atoms with Gasteiger partial charge in [0.25, 0.3) is 6.29 Å². The topological polar surface area (TPSA) is 18.5 Å². The second-order valence-corrected chi connectivity index (χ2v) is 5.18. The number of thiophene rings is 1. The van der Waals surface area contributed by atoms with Gasteiger partial charge in [0.2, 0.25) is 0 Å². The molecule has 0 radical (unpaired) electrons. The van der Waals surface area contributed by atoms with Gasteiger partial charge in [-0.3, -0.25) is 0 Å². The Kier molecular flexibility index (Phi) is 2.08. The summed E-state index contributed by atoms with van der Waals surface area (Å²) < 4.78 is 11.8. The Morgan fingerprint density at radius 3 is 2.72 bits per heavy atom. The Morgan fingerprint density at radius 2 is 1.83 bits per heavy atom. The Bertz CT molecular complexity index is 704. The van der Waals surface area contributed by atoms with E-state index < -0.39 is 0 Å². The van der Waals surface area contributed by atoms with Crippen molar-refractivity contribution in [2.75, 3.05) is 0 Å². The smallest absolute Gasteiger partial charge is 0.277 e. The molecule has 1 aromatic heterocycles. The maximum Gasteiger partial charge on any atom is 0.277 e. The third-order valence-electron chi connectivity index (χ3n) is 3.08. The van der Waals surface area contributed by atoms with E-state index in [1.165, 1.54) is 5.39 Å². The van der Waals surface area contributed by atoms with Crippen molar-refractivity contribution in [3.8, 4) is 11.5 Å². The molecule has 2 heterocycles. The number of hydrogen-bond donors (Lipinski definition) is 0. The summed E-state index contributed by atoms with van der Waals surface area (Å²) in [6, 6.07) is 16.3. The molecule has 0 spiro atoms. The van der Waals surface area contributed by atoms with Crippen molar-refractivity contribution in [2.24, 2.45) is 0 Å². The van der Waals surface area contributed by atoms with Gasteiger partial charge in [0, 0.05) is 5.39 Å². The van der Waals surface area contributed by atoms with Crippen LogP contribution in [-0.4, -0.2) is 0 Å². The standard InChI is InChI=1S/C15H10O2S/c1-2-5-11-10(4-1)7-8-12-14(11)17-15(16-12)13-6-3-9-18-13/h1-9,15H. The lowest BCUT2D eigenvalue weighted by atomic mass is 10.1. The first kappa shape index (κ1) is 9.97. The summed E-state index contributed by atoms with van der Waals surface area (Å²) in [7, 11) is 0. The zero-order valence-electron chi connectivity index (χ0n) is 9.50.